The molecule has 0 saturated heterocycles. The first kappa shape index (κ1) is 16.6. The first-order chi connectivity index (χ1) is 12.3. The van der Waals surface area contributed by atoms with Gasteiger partial charge in [0.25, 0.3) is 0 Å². The Morgan fingerprint density at radius 2 is 1.36 bits per heavy atom. The van der Waals surface area contributed by atoms with Gasteiger partial charge in [-0.15, -0.1) is 0 Å². The molecule has 2 heteroatoms. The average molecular weight is 326 g/mol. The molecule has 3 aromatic carbocycles. The number of hydrogen-bond donors (Lipinski definition) is 1. The van der Waals surface area contributed by atoms with E-state index in [2.05, 4.69) is 11.8 Å². The lowest BCUT2D eigenvalue weighted by Crippen LogP contribution is -1.99. The van der Waals surface area contributed by atoms with Gasteiger partial charge in [-0.2, -0.15) is 0 Å². The predicted molar refractivity (Wildman–Crippen MR) is 99.9 cm³/mol. The smallest absolute Gasteiger partial charge is 0.176 e. The highest BCUT2D eigenvalue weighted by molar-refractivity contribution is 5.41. The number of hydrogen-bond acceptors (Lipinski definition) is 2. The lowest BCUT2D eigenvalue weighted by Gasteiger charge is -2.09. The number of aliphatic hydroxyl groups is 1. The molecule has 2 nitrogen and oxygen atoms in total. The Hall–Kier alpha value is -3.28. The van der Waals surface area contributed by atoms with Gasteiger partial charge in [-0.25, -0.2) is 0 Å². The molecule has 0 saturated carbocycles. The van der Waals surface area contributed by atoms with E-state index in [1.807, 2.05) is 91.0 Å². The summed E-state index contributed by atoms with van der Waals surface area (Å²) in [6.45, 7) is 0. The van der Waals surface area contributed by atoms with E-state index in [1.165, 1.54) is 0 Å². The SMILES string of the molecule is OC(/C=C(/C#Cc1ccccc1)Oc1ccccc1)c1ccccc1. The van der Waals surface area contributed by atoms with Gasteiger partial charge in [0.05, 0.1) is 0 Å². The number of para-hydroxylation sites is 1. The molecule has 0 fully saturated rings. The second-order valence-electron chi connectivity index (χ2n) is 5.42. The van der Waals surface area contributed by atoms with Crippen LogP contribution in [-0.2, 0) is 0 Å². The zero-order chi connectivity index (χ0) is 17.3. The highest BCUT2D eigenvalue weighted by Gasteiger charge is 2.06. The molecule has 0 aliphatic carbocycles. The van der Waals surface area contributed by atoms with Gasteiger partial charge in [0.2, 0.25) is 0 Å². The van der Waals surface area contributed by atoms with E-state index >= 15 is 0 Å². The quantitative estimate of drug-likeness (QED) is 0.554. The van der Waals surface area contributed by atoms with Crippen molar-refractivity contribution >= 4 is 0 Å². The highest BCUT2D eigenvalue weighted by atomic mass is 16.5. The van der Waals surface area contributed by atoms with Crippen molar-refractivity contribution in [2.45, 2.75) is 6.10 Å². The molecule has 0 bridgehead atoms. The molecular formula is C23H18O2. The van der Waals surface area contributed by atoms with Crippen molar-refractivity contribution in [2.75, 3.05) is 0 Å². The van der Waals surface area contributed by atoms with Gasteiger partial charge in [0.1, 0.15) is 11.9 Å². The average Bonchev–Trinajstić information content (AvgIpc) is 2.68. The Bertz CT molecular complexity index is 873. The highest BCUT2D eigenvalue weighted by Crippen LogP contribution is 2.18. The molecule has 3 aromatic rings. The van der Waals surface area contributed by atoms with Crippen molar-refractivity contribution in [3.63, 3.8) is 0 Å². The van der Waals surface area contributed by atoms with Gasteiger partial charge >= 0.3 is 0 Å². The molecule has 0 heterocycles. The Morgan fingerprint density at radius 1 is 0.800 bits per heavy atom. The van der Waals surface area contributed by atoms with Crippen LogP contribution in [0.15, 0.2) is 103 Å². The molecule has 0 amide bonds. The van der Waals surface area contributed by atoms with Gasteiger partial charge in [-0.1, -0.05) is 72.7 Å². The van der Waals surface area contributed by atoms with E-state index in [0.717, 1.165) is 11.1 Å². The number of aliphatic hydroxyl groups excluding tert-OH is 1. The minimum absolute atomic E-state index is 0.409. The molecule has 1 N–H and O–H groups in total. The van der Waals surface area contributed by atoms with Gasteiger partial charge < -0.3 is 9.84 Å². The molecule has 25 heavy (non-hydrogen) atoms. The fourth-order valence-electron chi connectivity index (χ4n) is 2.26. The number of rotatable bonds is 4. The first-order valence-electron chi connectivity index (χ1n) is 8.06. The number of benzene rings is 3. The van der Waals surface area contributed by atoms with Crippen molar-refractivity contribution < 1.29 is 9.84 Å². The van der Waals surface area contributed by atoms with Gasteiger partial charge in [0.15, 0.2) is 5.76 Å². The Morgan fingerprint density at radius 3 is 2.00 bits per heavy atom. The summed E-state index contributed by atoms with van der Waals surface area (Å²) in [4.78, 5) is 0. The van der Waals surface area contributed by atoms with Gasteiger partial charge in [-0.3, -0.25) is 0 Å². The lowest BCUT2D eigenvalue weighted by molar-refractivity contribution is 0.224. The summed E-state index contributed by atoms with van der Waals surface area (Å²) in [7, 11) is 0. The van der Waals surface area contributed by atoms with Crippen LogP contribution in [0.25, 0.3) is 0 Å². The van der Waals surface area contributed by atoms with E-state index in [-0.39, 0.29) is 0 Å². The topological polar surface area (TPSA) is 29.5 Å². The van der Waals surface area contributed by atoms with Gasteiger partial charge in [-0.05, 0) is 35.7 Å². The van der Waals surface area contributed by atoms with E-state index in [0.29, 0.717) is 11.5 Å². The molecule has 122 valence electrons. The third-order valence-corrected chi connectivity index (χ3v) is 3.53. The molecule has 1 atom stereocenters. The van der Waals surface area contributed by atoms with E-state index < -0.39 is 6.10 Å². The molecule has 0 radical (unpaired) electrons. The number of ether oxygens (including phenoxy) is 1. The maximum atomic E-state index is 10.4. The standard InChI is InChI=1S/C23H18O2/c24-23(20-12-6-2-7-13-20)18-22(25-21-14-8-3-9-15-21)17-16-19-10-4-1-5-11-19/h1-15,18,23-24H/b22-18-. The third-order valence-electron chi connectivity index (χ3n) is 3.53. The van der Waals surface area contributed by atoms with Crippen LogP contribution >= 0.6 is 0 Å². The van der Waals surface area contributed by atoms with Crippen molar-refractivity contribution in [3.8, 4) is 17.6 Å². The van der Waals surface area contributed by atoms with Crippen LogP contribution in [-0.4, -0.2) is 5.11 Å². The summed E-state index contributed by atoms with van der Waals surface area (Å²) in [6.07, 6.45) is 0.836. The van der Waals surface area contributed by atoms with Crippen LogP contribution in [0.3, 0.4) is 0 Å². The van der Waals surface area contributed by atoms with Crippen LogP contribution in [0.5, 0.6) is 5.75 Å². The normalized spacial score (nSPS) is 12.0. The summed E-state index contributed by atoms with van der Waals surface area (Å²) < 4.78 is 5.86. The second-order valence-corrected chi connectivity index (χ2v) is 5.42. The maximum absolute atomic E-state index is 10.4. The van der Waals surface area contributed by atoms with Crippen molar-refractivity contribution in [1.29, 1.82) is 0 Å². The minimum Gasteiger partial charge on any atom is -0.449 e. The van der Waals surface area contributed by atoms with E-state index in [4.69, 9.17) is 4.74 Å². The summed E-state index contributed by atoms with van der Waals surface area (Å²) in [5, 5.41) is 10.4. The fourth-order valence-corrected chi connectivity index (χ4v) is 2.26. The Labute approximate surface area is 148 Å². The summed E-state index contributed by atoms with van der Waals surface area (Å²) in [6, 6.07) is 28.5. The number of allylic oxidation sites excluding steroid dienone is 1. The van der Waals surface area contributed by atoms with Crippen molar-refractivity contribution in [3.05, 3.63) is 114 Å². The van der Waals surface area contributed by atoms with Crippen LogP contribution in [0.2, 0.25) is 0 Å². The second kappa shape index (κ2) is 8.54. The molecule has 0 aromatic heterocycles. The van der Waals surface area contributed by atoms with Crippen molar-refractivity contribution in [2.24, 2.45) is 0 Å². The lowest BCUT2D eigenvalue weighted by atomic mass is 10.1. The van der Waals surface area contributed by atoms with E-state index in [9.17, 15) is 5.11 Å². The maximum Gasteiger partial charge on any atom is 0.176 e. The van der Waals surface area contributed by atoms with Crippen LogP contribution in [0.1, 0.15) is 17.2 Å². The monoisotopic (exact) mass is 326 g/mol. The largest absolute Gasteiger partial charge is 0.449 e. The molecule has 0 aliphatic rings. The summed E-state index contributed by atoms with van der Waals surface area (Å²) in [5.74, 6) is 7.17. The zero-order valence-corrected chi connectivity index (χ0v) is 13.7. The molecular weight excluding hydrogens is 308 g/mol. The zero-order valence-electron chi connectivity index (χ0n) is 13.7. The molecule has 1 unspecified atom stereocenters. The predicted octanol–water partition coefficient (Wildman–Crippen LogP) is 4.73. The Balaban J connectivity index is 1.88. The summed E-state index contributed by atoms with van der Waals surface area (Å²) >= 11 is 0. The van der Waals surface area contributed by atoms with Crippen LogP contribution in [0, 0.1) is 11.8 Å². The third kappa shape index (κ3) is 5.10. The minimum atomic E-state index is -0.787. The molecule has 0 aliphatic heterocycles. The summed E-state index contributed by atoms with van der Waals surface area (Å²) in [5.41, 5.74) is 1.68. The fraction of sp³-hybridized carbons (Fsp3) is 0.0435. The van der Waals surface area contributed by atoms with Crippen LogP contribution < -0.4 is 4.74 Å². The van der Waals surface area contributed by atoms with Crippen molar-refractivity contribution in [1.82, 2.24) is 0 Å². The molecule has 3 rings (SSSR count). The Kier molecular flexibility index (Phi) is 5.66. The molecule has 0 spiro atoms. The van der Waals surface area contributed by atoms with Gasteiger partial charge in [0, 0.05) is 11.6 Å². The van der Waals surface area contributed by atoms with Crippen LogP contribution in [0.4, 0.5) is 0 Å². The van der Waals surface area contributed by atoms with E-state index in [1.54, 1.807) is 6.08 Å². The first-order valence-corrected chi connectivity index (χ1v) is 8.06.